The number of thiazole rings is 1. The van der Waals surface area contributed by atoms with E-state index in [0.29, 0.717) is 43.3 Å². The summed E-state index contributed by atoms with van der Waals surface area (Å²) in [5, 5.41) is 8.27. The molecule has 0 atom stereocenters. The van der Waals surface area contributed by atoms with Crippen LogP contribution in [0.25, 0.3) is 0 Å². The van der Waals surface area contributed by atoms with E-state index in [4.69, 9.17) is 4.52 Å². The second-order valence-electron chi connectivity index (χ2n) is 5.54. The summed E-state index contributed by atoms with van der Waals surface area (Å²) in [4.78, 5) is 20.0. The second-order valence-corrected chi connectivity index (χ2v) is 8.24. The van der Waals surface area contributed by atoms with Crippen LogP contribution in [0, 0.1) is 0 Å². The fourth-order valence-corrected chi connectivity index (χ4v) is 3.93. The van der Waals surface area contributed by atoms with E-state index in [0.717, 1.165) is 0 Å². The number of amides is 1. The Morgan fingerprint density at radius 2 is 2.21 bits per heavy atom. The van der Waals surface area contributed by atoms with Gasteiger partial charge in [0.1, 0.15) is 5.69 Å². The highest BCUT2D eigenvalue weighted by atomic mass is 32.2. The molecule has 0 unspecified atom stereocenters. The lowest BCUT2D eigenvalue weighted by Crippen LogP contribution is -2.37. The standard InChI is InChI=1S/C13H17N5O4S2/c1-24(20,21)18-4-2-9(3-5-18)12-16-11(22-17-12)6-14-13(19)10-7-23-8-15-10/h7-9H,2-6H2,1H3,(H,14,19). The van der Waals surface area contributed by atoms with Gasteiger partial charge in [-0.05, 0) is 12.8 Å². The molecule has 0 aliphatic carbocycles. The predicted octanol–water partition coefficient (Wildman–Crippen LogP) is 0.595. The van der Waals surface area contributed by atoms with Crippen LogP contribution >= 0.6 is 11.3 Å². The fraction of sp³-hybridized carbons (Fsp3) is 0.538. The lowest BCUT2D eigenvalue weighted by atomic mass is 9.98. The minimum Gasteiger partial charge on any atom is -0.342 e. The first kappa shape index (κ1) is 17.0. The summed E-state index contributed by atoms with van der Waals surface area (Å²) in [6, 6.07) is 0. The van der Waals surface area contributed by atoms with Gasteiger partial charge < -0.3 is 9.84 Å². The van der Waals surface area contributed by atoms with Crippen LogP contribution in [0.15, 0.2) is 15.4 Å². The highest BCUT2D eigenvalue weighted by molar-refractivity contribution is 7.88. The van der Waals surface area contributed by atoms with Gasteiger partial charge in [-0.3, -0.25) is 4.79 Å². The summed E-state index contributed by atoms with van der Waals surface area (Å²) >= 11 is 1.34. The third-order valence-corrected chi connectivity index (χ3v) is 5.73. The molecule has 1 fully saturated rings. The van der Waals surface area contributed by atoms with Gasteiger partial charge in [0, 0.05) is 24.4 Å². The zero-order valence-corrected chi connectivity index (χ0v) is 14.6. The lowest BCUT2D eigenvalue weighted by Gasteiger charge is -2.28. The topological polar surface area (TPSA) is 118 Å². The largest absolute Gasteiger partial charge is 0.342 e. The Balaban J connectivity index is 1.54. The summed E-state index contributed by atoms with van der Waals surface area (Å²) in [6.45, 7) is 1.04. The highest BCUT2D eigenvalue weighted by Crippen LogP contribution is 2.26. The molecule has 1 aliphatic heterocycles. The molecule has 11 heteroatoms. The fourth-order valence-electron chi connectivity index (χ4n) is 2.52. The number of nitrogens with one attached hydrogen (secondary N) is 1. The molecule has 1 N–H and O–H groups in total. The van der Waals surface area contributed by atoms with Crippen LogP contribution in [0.1, 0.15) is 41.0 Å². The van der Waals surface area contributed by atoms with Gasteiger partial charge in [0.25, 0.3) is 5.91 Å². The third kappa shape index (κ3) is 3.97. The number of nitrogens with zero attached hydrogens (tertiary/aromatic N) is 4. The van der Waals surface area contributed by atoms with E-state index in [9.17, 15) is 13.2 Å². The Bertz CT molecular complexity index is 794. The summed E-state index contributed by atoms with van der Waals surface area (Å²) in [5.41, 5.74) is 1.94. The van der Waals surface area contributed by atoms with E-state index in [1.807, 2.05) is 0 Å². The number of rotatable bonds is 5. The van der Waals surface area contributed by atoms with Crippen molar-refractivity contribution in [2.45, 2.75) is 25.3 Å². The van der Waals surface area contributed by atoms with E-state index in [1.54, 1.807) is 10.9 Å². The molecule has 1 saturated heterocycles. The van der Waals surface area contributed by atoms with Gasteiger partial charge in [-0.15, -0.1) is 11.3 Å². The van der Waals surface area contributed by atoms with E-state index >= 15 is 0 Å². The number of aromatic nitrogens is 3. The molecule has 0 bridgehead atoms. The third-order valence-electron chi connectivity index (χ3n) is 3.84. The van der Waals surface area contributed by atoms with Crippen LogP contribution in [-0.4, -0.2) is 53.1 Å². The SMILES string of the molecule is CS(=O)(=O)N1CCC(c2noc(CNC(=O)c3cscn3)n2)CC1. The van der Waals surface area contributed by atoms with Gasteiger partial charge in [-0.1, -0.05) is 5.16 Å². The molecule has 0 saturated carbocycles. The van der Waals surface area contributed by atoms with Crippen molar-refractivity contribution >= 4 is 27.3 Å². The molecular weight excluding hydrogens is 354 g/mol. The van der Waals surface area contributed by atoms with E-state index in [-0.39, 0.29) is 18.4 Å². The lowest BCUT2D eigenvalue weighted by molar-refractivity contribution is 0.0942. The van der Waals surface area contributed by atoms with Crippen LogP contribution in [0.5, 0.6) is 0 Å². The van der Waals surface area contributed by atoms with E-state index < -0.39 is 10.0 Å². The zero-order chi connectivity index (χ0) is 17.2. The maximum Gasteiger partial charge on any atom is 0.271 e. The molecule has 2 aromatic rings. The van der Waals surface area contributed by atoms with Crippen LogP contribution in [-0.2, 0) is 16.6 Å². The molecule has 3 rings (SSSR count). The first-order chi connectivity index (χ1) is 11.4. The molecule has 0 radical (unpaired) electrons. The van der Waals surface area contributed by atoms with Crippen molar-refractivity contribution in [1.82, 2.24) is 24.7 Å². The Hall–Kier alpha value is -1.85. The van der Waals surface area contributed by atoms with Gasteiger partial charge in [0.05, 0.1) is 18.3 Å². The molecule has 2 aromatic heterocycles. The summed E-state index contributed by atoms with van der Waals surface area (Å²) in [6.07, 6.45) is 2.51. The number of sulfonamides is 1. The van der Waals surface area contributed by atoms with Crippen molar-refractivity contribution < 1.29 is 17.7 Å². The molecule has 0 spiro atoms. The molecule has 0 aromatic carbocycles. The van der Waals surface area contributed by atoms with Crippen LogP contribution in [0.4, 0.5) is 0 Å². The van der Waals surface area contributed by atoms with Gasteiger partial charge >= 0.3 is 0 Å². The normalized spacial score (nSPS) is 17.0. The van der Waals surface area contributed by atoms with Crippen LogP contribution < -0.4 is 5.32 Å². The Kier molecular flexibility index (Phi) is 4.92. The van der Waals surface area contributed by atoms with Crippen LogP contribution in [0.3, 0.4) is 0 Å². The van der Waals surface area contributed by atoms with Crippen molar-refractivity contribution in [2.75, 3.05) is 19.3 Å². The van der Waals surface area contributed by atoms with Gasteiger partial charge in [-0.25, -0.2) is 17.7 Å². The predicted molar refractivity (Wildman–Crippen MR) is 86.0 cm³/mol. The molecular formula is C13H17N5O4S2. The highest BCUT2D eigenvalue weighted by Gasteiger charge is 2.28. The number of hydrogen-bond acceptors (Lipinski definition) is 8. The molecule has 3 heterocycles. The summed E-state index contributed by atoms with van der Waals surface area (Å²) < 4.78 is 29.6. The summed E-state index contributed by atoms with van der Waals surface area (Å²) in [5.74, 6) is 0.646. The first-order valence-corrected chi connectivity index (χ1v) is 10.2. The average Bonchev–Trinajstić information content (AvgIpc) is 3.23. The quantitative estimate of drug-likeness (QED) is 0.817. The van der Waals surface area contributed by atoms with Crippen LogP contribution in [0.2, 0.25) is 0 Å². The number of hydrogen-bond donors (Lipinski definition) is 1. The maximum absolute atomic E-state index is 11.8. The van der Waals surface area contributed by atoms with Crippen molar-refractivity contribution in [3.05, 3.63) is 28.3 Å². The smallest absolute Gasteiger partial charge is 0.271 e. The van der Waals surface area contributed by atoms with Crippen molar-refractivity contribution in [2.24, 2.45) is 0 Å². The first-order valence-electron chi connectivity index (χ1n) is 7.37. The molecule has 1 aliphatic rings. The summed E-state index contributed by atoms with van der Waals surface area (Å²) in [7, 11) is -3.15. The van der Waals surface area contributed by atoms with Crippen molar-refractivity contribution in [3.8, 4) is 0 Å². The Morgan fingerprint density at radius 3 is 2.83 bits per heavy atom. The number of carbonyl (C=O) groups is 1. The minimum atomic E-state index is -3.15. The number of piperidine rings is 1. The zero-order valence-electron chi connectivity index (χ0n) is 13.0. The molecule has 24 heavy (non-hydrogen) atoms. The van der Waals surface area contributed by atoms with Gasteiger partial charge in [0.2, 0.25) is 15.9 Å². The minimum absolute atomic E-state index is 0.0646. The van der Waals surface area contributed by atoms with E-state index in [1.165, 1.54) is 21.9 Å². The van der Waals surface area contributed by atoms with E-state index in [2.05, 4.69) is 20.4 Å². The van der Waals surface area contributed by atoms with Gasteiger partial charge in [-0.2, -0.15) is 4.98 Å². The van der Waals surface area contributed by atoms with Gasteiger partial charge in [0.15, 0.2) is 5.82 Å². The molecule has 130 valence electrons. The number of carbonyl (C=O) groups excluding carboxylic acids is 1. The molecule has 9 nitrogen and oxygen atoms in total. The second kappa shape index (κ2) is 6.95. The molecule has 1 amide bonds. The van der Waals surface area contributed by atoms with Crippen molar-refractivity contribution in [3.63, 3.8) is 0 Å². The Labute approximate surface area is 143 Å². The van der Waals surface area contributed by atoms with Crippen molar-refractivity contribution in [1.29, 1.82) is 0 Å². The Morgan fingerprint density at radius 1 is 1.46 bits per heavy atom. The average molecular weight is 371 g/mol. The maximum atomic E-state index is 11.8. The monoisotopic (exact) mass is 371 g/mol.